The van der Waals surface area contributed by atoms with Crippen molar-refractivity contribution in [2.24, 2.45) is 0 Å². The Kier molecular flexibility index (Phi) is 5.96. The molecule has 1 aliphatic carbocycles. The first kappa shape index (κ1) is 24.6. The highest BCUT2D eigenvalue weighted by atomic mass is 32.2. The average Bonchev–Trinajstić information content (AvgIpc) is 3.61. The third-order valence-electron chi connectivity index (χ3n) is 7.24. The van der Waals surface area contributed by atoms with Crippen molar-refractivity contribution in [1.29, 1.82) is 0 Å². The van der Waals surface area contributed by atoms with Crippen LogP contribution in [0.25, 0.3) is 21.7 Å². The summed E-state index contributed by atoms with van der Waals surface area (Å²) in [6, 6.07) is 14.4. The summed E-state index contributed by atoms with van der Waals surface area (Å²) in [5, 5.41) is 11.0. The number of aromatic carboxylic acids is 1. The fraction of sp³-hybridized carbons (Fsp3) is 0.286. The molecule has 0 radical (unpaired) electrons. The Bertz CT molecular complexity index is 1760. The van der Waals surface area contributed by atoms with Gasteiger partial charge in [0.05, 0.1) is 28.7 Å². The summed E-state index contributed by atoms with van der Waals surface area (Å²) in [4.78, 5) is 24.6. The van der Waals surface area contributed by atoms with E-state index in [4.69, 9.17) is 4.74 Å². The van der Waals surface area contributed by atoms with Crippen molar-refractivity contribution in [2.45, 2.75) is 42.7 Å². The Morgan fingerprint density at radius 2 is 1.84 bits per heavy atom. The lowest BCUT2D eigenvalue weighted by molar-refractivity contribution is 0.0694. The zero-order chi connectivity index (χ0) is 26.6. The van der Waals surface area contributed by atoms with Crippen LogP contribution in [0, 0.1) is 5.82 Å². The molecular weight excluding hydrogens is 511 g/mol. The van der Waals surface area contributed by atoms with E-state index in [-0.39, 0.29) is 28.6 Å². The van der Waals surface area contributed by atoms with Gasteiger partial charge in [0.25, 0.3) is 10.0 Å². The van der Waals surface area contributed by atoms with Crippen molar-refractivity contribution in [3.05, 3.63) is 82.4 Å². The van der Waals surface area contributed by atoms with Gasteiger partial charge in [-0.15, -0.1) is 0 Å². The molecule has 1 N–H and O–H groups in total. The van der Waals surface area contributed by atoms with Crippen molar-refractivity contribution < 1.29 is 27.4 Å². The first-order chi connectivity index (χ1) is 18.2. The number of carboxylic acid groups (broad SMARTS) is 1. The Labute approximate surface area is 217 Å². The van der Waals surface area contributed by atoms with Crippen LogP contribution < -0.4 is 9.73 Å². The van der Waals surface area contributed by atoms with Crippen LogP contribution in [0.1, 0.15) is 42.1 Å². The summed E-state index contributed by atoms with van der Waals surface area (Å²) in [7, 11) is -4.24. The minimum Gasteiger partial charge on any atom is -0.477 e. The van der Waals surface area contributed by atoms with Crippen LogP contribution in [-0.2, 0) is 14.8 Å². The van der Waals surface area contributed by atoms with Gasteiger partial charge in [0.1, 0.15) is 11.4 Å². The van der Waals surface area contributed by atoms with Crippen molar-refractivity contribution >= 4 is 43.4 Å². The van der Waals surface area contributed by atoms with Crippen LogP contribution in [0.15, 0.2) is 70.5 Å². The number of sulfonamides is 1. The number of rotatable bonds is 7. The molecule has 2 aliphatic rings. The molecule has 1 unspecified atom stereocenters. The quantitative estimate of drug-likeness (QED) is 0.367. The summed E-state index contributed by atoms with van der Waals surface area (Å²) in [6.07, 6.45) is 3.81. The SMILES string of the molecule is O=C(O)c1cn(C2CC2)c2cc(N(CC3CCCO3)S(=O)(=O)c3ccc4ccccc4c3)c(F)cc2c1=O. The van der Waals surface area contributed by atoms with E-state index in [1.54, 1.807) is 16.7 Å². The number of pyridine rings is 1. The van der Waals surface area contributed by atoms with E-state index < -0.39 is 38.9 Å². The first-order valence-electron chi connectivity index (χ1n) is 12.5. The summed E-state index contributed by atoms with van der Waals surface area (Å²) >= 11 is 0. The van der Waals surface area contributed by atoms with E-state index in [0.717, 1.165) is 40.4 Å². The smallest absolute Gasteiger partial charge is 0.341 e. The predicted octanol–water partition coefficient (Wildman–Crippen LogP) is 4.70. The minimum absolute atomic E-state index is 0.00880. The van der Waals surface area contributed by atoms with E-state index in [1.165, 1.54) is 18.3 Å². The third kappa shape index (κ3) is 4.23. The molecule has 2 heterocycles. The third-order valence-corrected chi connectivity index (χ3v) is 9.02. The number of ether oxygens (including phenoxy) is 1. The number of carboxylic acids is 1. The topological polar surface area (TPSA) is 106 Å². The number of anilines is 1. The minimum atomic E-state index is -4.24. The Morgan fingerprint density at radius 3 is 2.53 bits per heavy atom. The van der Waals surface area contributed by atoms with Gasteiger partial charge in [0.2, 0.25) is 5.43 Å². The average molecular weight is 537 g/mol. The monoisotopic (exact) mass is 536 g/mol. The molecule has 1 saturated heterocycles. The molecule has 0 amide bonds. The van der Waals surface area contributed by atoms with E-state index in [9.17, 15) is 23.1 Å². The standard InChI is InChI=1S/C28H25FN2O6S/c29-24-13-22-25(30(19-8-9-19)16-23(27(22)32)28(33)34)14-26(24)31(15-20-6-3-11-37-20)38(35,36)21-10-7-17-4-1-2-5-18(17)12-21/h1-2,4-5,7,10,12-14,16,19-20H,3,6,8-9,11,15H2,(H,33,34). The van der Waals surface area contributed by atoms with Crippen molar-refractivity contribution in [2.75, 3.05) is 17.5 Å². The highest BCUT2D eigenvalue weighted by Gasteiger charge is 2.33. The van der Waals surface area contributed by atoms with Crippen molar-refractivity contribution in [1.82, 2.24) is 4.57 Å². The summed E-state index contributed by atoms with van der Waals surface area (Å²) in [5.74, 6) is -2.32. The number of hydrogen-bond acceptors (Lipinski definition) is 5. The van der Waals surface area contributed by atoms with E-state index in [0.29, 0.717) is 18.5 Å². The van der Waals surface area contributed by atoms with Crippen LogP contribution >= 0.6 is 0 Å². The van der Waals surface area contributed by atoms with E-state index in [1.807, 2.05) is 24.3 Å². The van der Waals surface area contributed by atoms with Crippen LogP contribution in [0.2, 0.25) is 0 Å². The van der Waals surface area contributed by atoms with E-state index >= 15 is 4.39 Å². The van der Waals surface area contributed by atoms with Gasteiger partial charge in [0, 0.05) is 24.2 Å². The summed E-state index contributed by atoms with van der Waals surface area (Å²) in [6.45, 7) is 0.395. The Balaban J connectivity index is 1.55. The van der Waals surface area contributed by atoms with Gasteiger partial charge in [-0.05, 0) is 60.7 Å². The molecule has 38 heavy (non-hydrogen) atoms. The number of fused-ring (bicyclic) bond motifs is 2. The molecule has 0 bridgehead atoms. The normalized spacial score (nSPS) is 17.8. The number of hydrogen-bond donors (Lipinski definition) is 1. The molecule has 1 aliphatic heterocycles. The molecule has 1 atom stereocenters. The van der Waals surface area contributed by atoms with Gasteiger partial charge in [-0.2, -0.15) is 0 Å². The zero-order valence-corrected chi connectivity index (χ0v) is 21.2. The van der Waals surface area contributed by atoms with Gasteiger partial charge in [-0.25, -0.2) is 17.6 Å². The van der Waals surface area contributed by atoms with Crippen molar-refractivity contribution in [3.8, 4) is 0 Å². The largest absolute Gasteiger partial charge is 0.477 e. The second-order valence-electron chi connectivity index (χ2n) is 9.82. The number of aromatic nitrogens is 1. The second-order valence-corrected chi connectivity index (χ2v) is 11.7. The molecule has 8 nitrogen and oxygen atoms in total. The Hall–Kier alpha value is -3.76. The van der Waals surface area contributed by atoms with E-state index in [2.05, 4.69) is 0 Å². The lowest BCUT2D eigenvalue weighted by Crippen LogP contribution is -2.38. The van der Waals surface area contributed by atoms with Crippen LogP contribution in [0.4, 0.5) is 10.1 Å². The molecule has 0 spiro atoms. The van der Waals surface area contributed by atoms with Gasteiger partial charge >= 0.3 is 5.97 Å². The predicted molar refractivity (Wildman–Crippen MR) is 141 cm³/mol. The van der Waals surface area contributed by atoms with Gasteiger partial charge in [-0.3, -0.25) is 9.10 Å². The second kappa shape index (κ2) is 9.21. The van der Waals surface area contributed by atoms with Crippen LogP contribution in [0.5, 0.6) is 0 Å². The van der Waals surface area contributed by atoms with Gasteiger partial charge in [0.15, 0.2) is 0 Å². The maximum Gasteiger partial charge on any atom is 0.341 e. The number of benzene rings is 3. The zero-order valence-electron chi connectivity index (χ0n) is 20.3. The molecule has 1 aromatic heterocycles. The fourth-order valence-electron chi connectivity index (χ4n) is 5.11. The molecule has 1 saturated carbocycles. The lowest BCUT2D eigenvalue weighted by atomic mass is 10.1. The molecule has 4 aromatic rings. The number of halogens is 1. The van der Waals surface area contributed by atoms with Gasteiger partial charge < -0.3 is 14.4 Å². The Morgan fingerprint density at radius 1 is 1.08 bits per heavy atom. The highest BCUT2D eigenvalue weighted by molar-refractivity contribution is 7.92. The maximum absolute atomic E-state index is 15.8. The number of nitrogens with zero attached hydrogens (tertiary/aromatic N) is 2. The molecular formula is C28H25FN2O6S. The molecule has 196 valence electrons. The summed E-state index contributed by atoms with van der Waals surface area (Å²) < 4.78 is 52.3. The van der Waals surface area contributed by atoms with Gasteiger partial charge in [-0.1, -0.05) is 30.3 Å². The summed E-state index contributed by atoms with van der Waals surface area (Å²) in [5.41, 5.74) is -1.17. The van der Waals surface area contributed by atoms with Crippen LogP contribution in [0.3, 0.4) is 0 Å². The molecule has 10 heteroatoms. The molecule has 6 rings (SSSR count). The molecule has 2 fully saturated rings. The fourth-order valence-corrected chi connectivity index (χ4v) is 6.64. The first-order valence-corrected chi connectivity index (χ1v) is 13.9. The van der Waals surface area contributed by atoms with Crippen molar-refractivity contribution in [3.63, 3.8) is 0 Å². The number of carbonyl (C=O) groups is 1. The maximum atomic E-state index is 15.8. The molecule has 3 aromatic carbocycles. The lowest BCUT2D eigenvalue weighted by Gasteiger charge is -2.28. The van der Waals surface area contributed by atoms with Crippen LogP contribution in [-0.4, -0.2) is 43.3 Å². The highest BCUT2D eigenvalue weighted by Crippen LogP contribution is 2.39.